The summed E-state index contributed by atoms with van der Waals surface area (Å²) < 4.78 is 4.70. The van der Waals surface area contributed by atoms with Crippen LogP contribution in [0.2, 0.25) is 5.02 Å². The highest BCUT2D eigenvalue weighted by Gasteiger charge is 2.15. The van der Waals surface area contributed by atoms with E-state index in [1.807, 2.05) is 30.3 Å². The molecule has 0 saturated heterocycles. The molecule has 0 atom stereocenters. The third-order valence-electron chi connectivity index (χ3n) is 3.97. The molecule has 0 aliphatic carbocycles. The van der Waals surface area contributed by atoms with E-state index in [0.717, 1.165) is 5.69 Å². The summed E-state index contributed by atoms with van der Waals surface area (Å²) in [7, 11) is 2.97. The average Bonchev–Trinajstić information content (AvgIpc) is 2.74. The number of esters is 1. The van der Waals surface area contributed by atoms with Gasteiger partial charge in [0, 0.05) is 12.7 Å². The van der Waals surface area contributed by atoms with Crippen molar-refractivity contribution in [3.8, 4) is 0 Å². The fourth-order valence-electron chi connectivity index (χ4n) is 2.45. The summed E-state index contributed by atoms with van der Waals surface area (Å²) in [6.07, 6.45) is 2.80. The Balaban J connectivity index is 1.76. The molecule has 0 aliphatic heterocycles. The van der Waals surface area contributed by atoms with Crippen molar-refractivity contribution in [1.29, 1.82) is 0 Å². The zero-order valence-electron chi connectivity index (χ0n) is 15.2. The van der Waals surface area contributed by atoms with Crippen LogP contribution in [0.3, 0.4) is 0 Å². The lowest BCUT2D eigenvalue weighted by atomic mass is 10.2. The van der Waals surface area contributed by atoms with Gasteiger partial charge < -0.3 is 15.0 Å². The second-order valence-electron chi connectivity index (χ2n) is 5.80. The highest BCUT2D eigenvalue weighted by molar-refractivity contribution is 6.33. The highest BCUT2D eigenvalue weighted by Crippen LogP contribution is 2.26. The lowest BCUT2D eigenvalue weighted by Gasteiger charge is -2.16. The molecule has 0 saturated carbocycles. The van der Waals surface area contributed by atoms with Crippen molar-refractivity contribution in [1.82, 2.24) is 9.97 Å². The summed E-state index contributed by atoms with van der Waals surface area (Å²) >= 11 is 6.16. The van der Waals surface area contributed by atoms with Crippen LogP contribution in [0.1, 0.15) is 20.8 Å². The highest BCUT2D eigenvalue weighted by atomic mass is 35.5. The maximum Gasteiger partial charge on any atom is 0.337 e. The van der Waals surface area contributed by atoms with E-state index in [2.05, 4.69) is 15.3 Å². The minimum absolute atomic E-state index is 0.200. The van der Waals surface area contributed by atoms with Gasteiger partial charge in [-0.15, -0.1) is 0 Å². The van der Waals surface area contributed by atoms with Crippen LogP contribution in [0.15, 0.2) is 60.9 Å². The smallest absolute Gasteiger partial charge is 0.337 e. The Morgan fingerprint density at radius 3 is 2.46 bits per heavy atom. The van der Waals surface area contributed by atoms with Gasteiger partial charge >= 0.3 is 5.97 Å². The number of ether oxygens (including phenoxy) is 1. The Morgan fingerprint density at radius 1 is 1.07 bits per heavy atom. The molecule has 3 rings (SSSR count). The van der Waals surface area contributed by atoms with Crippen LogP contribution in [-0.4, -0.2) is 36.0 Å². The number of aromatic nitrogens is 2. The third-order valence-corrected chi connectivity index (χ3v) is 4.30. The lowest BCUT2D eigenvalue weighted by molar-refractivity contribution is 0.0600. The molecule has 1 heterocycles. The van der Waals surface area contributed by atoms with Crippen molar-refractivity contribution in [2.45, 2.75) is 0 Å². The van der Waals surface area contributed by atoms with E-state index in [1.54, 1.807) is 25.2 Å². The number of rotatable bonds is 5. The summed E-state index contributed by atoms with van der Waals surface area (Å²) in [6, 6.07) is 13.9. The maximum absolute atomic E-state index is 12.6. The van der Waals surface area contributed by atoms with E-state index in [4.69, 9.17) is 16.3 Å². The van der Waals surface area contributed by atoms with Crippen molar-refractivity contribution in [2.24, 2.45) is 0 Å². The first-order chi connectivity index (χ1) is 13.5. The SMILES string of the molecule is COC(=O)c1ccc(Cl)c(Nc2cnc(C(=O)N(C)c3ccccc3)cn2)c1. The lowest BCUT2D eigenvalue weighted by Crippen LogP contribution is -2.27. The fourth-order valence-corrected chi connectivity index (χ4v) is 2.61. The molecule has 0 aliphatic rings. The number of hydrogen-bond acceptors (Lipinski definition) is 6. The van der Waals surface area contributed by atoms with Crippen LogP contribution in [0.5, 0.6) is 0 Å². The molecule has 0 unspecified atom stereocenters. The van der Waals surface area contributed by atoms with Gasteiger partial charge in [-0.25, -0.2) is 14.8 Å². The molecule has 3 aromatic rings. The van der Waals surface area contributed by atoms with Crippen molar-refractivity contribution in [3.63, 3.8) is 0 Å². The molecular formula is C20H17ClN4O3. The predicted molar refractivity (Wildman–Crippen MR) is 107 cm³/mol. The van der Waals surface area contributed by atoms with Crippen molar-refractivity contribution >= 4 is 40.7 Å². The number of carbonyl (C=O) groups excluding carboxylic acids is 2. The van der Waals surface area contributed by atoms with Gasteiger partial charge in [-0.05, 0) is 30.3 Å². The Hall–Kier alpha value is -3.45. The van der Waals surface area contributed by atoms with Gasteiger partial charge in [-0.2, -0.15) is 0 Å². The zero-order valence-corrected chi connectivity index (χ0v) is 16.0. The van der Waals surface area contributed by atoms with Gasteiger partial charge in [-0.1, -0.05) is 29.8 Å². The Labute approximate surface area is 166 Å². The fraction of sp³-hybridized carbons (Fsp3) is 0.100. The largest absolute Gasteiger partial charge is 0.465 e. The molecule has 0 radical (unpaired) electrons. The van der Waals surface area contributed by atoms with Gasteiger partial charge in [0.25, 0.3) is 5.91 Å². The van der Waals surface area contributed by atoms with E-state index >= 15 is 0 Å². The number of hydrogen-bond donors (Lipinski definition) is 1. The molecular weight excluding hydrogens is 380 g/mol. The van der Waals surface area contributed by atoms with Gasteiger partial charge in [0.15, 0.2) is 0 Å². The van der Waals surface area contributed by atoms with Gasteiger partial charge in [0.05, 0.1) is 35.8 Å². The van der Waals surface area contributed by atoms with Crippen LogP contribution in [-0.2, 0) is 4.74 Å². The number of nitrogens with zero attached hydrogens (tertiary/aromatic N) is 3. The molecule has 1 aromatic heterocycles. The topological polar surface area (TPSA) is 84.4 Å². The van der Waals surface area contributed by atoms with Gasteiger partial charge in [0.2, 0.25) is 0 Å². The molecule has 0 spiro atoms. The van der Waals surface area contributed by atoms with Gasteiger partial charge in [0.1, 0.15) is 11.5 Å². The molecule has 0 fully saturated rings. The monoisotopic (exact) mass is 396 g/mol. The second-order valence-corrected chi connectivity index (χ2v) is 6.21. The Bertz CT molecular complexity index is 994. The van der Waals surface area contributed by atoms with E-state index in [9.17, 15) is 9.59 Å². The van der Waals surface area contributed by atoms with Gasteiger partial charge in [-0.3, -0.25) is 4.79 Å². The first kappa shape index (κ1) is 19.3. The normalized spacial score (nSPS) is 10.2. The minimum Gasteiger partial charge on any atom is -0.465 e. The summed E-state index contributed by atoms with van der Waals surface area (Å²) in [5, 5.41) is 3.38. The Kier molecular flexibility index (Phi) is 5.86. The minimum atomic E-state index is -0.476. The molecule has 28 heavy (non-hydrogen) atoms. The number of halogens is 1. The number of nitrogens with one attached hydrogen (secondary N) is 1. The molecule has 1 N–H and O–H groups in total. The van der Waals surface area contributed by atoms with Crippen LogP contribution < -0.4 is 10.2 Å². The van der Waals surface area contributed by atoms with Crippen molar-refractivity contribution < 1.29 is 14.3 Å². The number of methoxy groups -OCH3 is 1. The summed E-state index contributed by atoms with van der Waals surface area (Å²) in [5.74, 6) is -0.380. The number of carbonyl (C=O) groups is 2. The van der Waals surface area contributed by atoms with Crippen LogP contribution in [0.4, 0.5) is 17.2 Å². The average molecular weight is 397 g/mol. The quantitative estimate of drug-likeness (QED) is 0.657. The molecule has 1 amide bonds. The van der Waals surface area contributed by atoms with Crippen LogP contribution >= 0.6 is 11.6 Å². The van der Waals surface area contributed by atoms with Crippen molar-refractivity contribution in [3.05, 3.63) is 77.2 Å². The number of para-hydroxylation sites is 1. The van der Waals surface area contributed by atoms with E-state index in [-0.39, 0.29) is 11.6 Å². The Morgan fingerprint density at radius 2 is 1.82 bits per heavy atom. The molecule has 2 aromatic carbocycles. The van der Waals surface area contributed by atoms with E-state index in [1.165, 1.54) is 24.4 Å². The third kappa shape index (κ3) is 4.27. The number of anilines is 3. The van der Waals surface area contributed by atoms with Crippen LogP contribution in [0.25, 0.3) is 0 Å². The summed E-state index contributed by atoms with van der Waals surface area (Å²) in [5.41, 5.74) is 1.77. The predicted octanol–water partition coefficient (Wildman–Crippen LogP) is 3.94. The van der Waals surface area contributed by atoms with E-state index < -0.39 is 5.97 Å². The molecule has 0 bridgehead atoms. The van der Waals surface area contributed by atoms with Crippen LogP contribution in [0, 0.1) is 0 Å². The van der Waals surface area contributed by atoms with E-state index in [0.29, 0.717) is 22.1 Å². The number of amides is 1. The second kappa shape index (κ2) is 8.49. The summed E-state index contributed by atoms with van der Waals surface area (Å²) in [6.45, 7) is 0. The number of benzene rings is 2. The standard InChI is InChI=1S/C20H17ClN4O3/c1-25(14-6-4-3-5-7-14)19(26)17-11-23-18(12-22-17)24-16-10-13(20(27)28-2)8-9-15(16)21/h3-12H,1-2H3,(H,23,24). The molecule has 8 heteroatoms. The first-order valence-corrected chi connectivity index (χ1v) is 8.67. The van der Waals surface area contributed by atoms with Crippen molar-refractivity contribution in [2.75, 3.05) is 24.4 Å². The molecule has 7 nitrogen and oxygen atoms in total. The molecule has 142 valence electrons. The zero-order chi connectivity index (χ0) is 20.1. The maximum atomic E-state index is 12.6. The summed E-state index contributed by atoms with van der Waals surface area (Å²) in [4.78, 5) is 34.1. The first-order valence-electron chi connectivity index (χ1n) is 8.29.